The molecule has 4 aromatic heterocycles. The van der Waals surface area contributed by atoms with Crippen LogP contribution in [0.1, 0.15) is 28.0 Å². The number of nitrogens with zero attached hydrogens (tertiary/aromatic N) is 4. The number of aromatic nitrogens is 2. The van der Waals surface area contributed by atoms with Crippen molar-refractivity contribution in [2.75, 3.05) is 13.6 Å². The molecular weight excluding hydrogens is 450 g/mol. The van der Waals surface area contributed by atoms with Gasteiger partial charge in [0.2, 0.25) is 0 Å². The molecule has 31 heavy (non-hydrogen) atoms. The monoisotopic (exact) mass is 469 g/mol. The summed E-state index contributed by atoms with van der Waals surface area (Å²) in [5.41, 5.74) is 1.49. The number of amides is 1. The number of H-pyrrole nitrogens is 1. The van der Waals surface area contributed by atoms with Gasteiger partial charge in [-0.15, -0.1) is 34.0 Å². The maximum atomic E-state index is 13.2. The molecule has 0 saturated heterocycles. The number of rotatable bonds is 6. The Morgan fingerprint density at radius 2 is 2.03 bits per heavy atom. The number of hydrazone groups is 1. The lowest BCUT2D eigenvalue weighted by atomic mass is 10.1. The SMILES string of the molecule is CN(CC(=O)N1N=C(c2cccs2)C[C@H]1c1cccs1)Cc1nc2ccsc2c(=O)[nH]1. The third kappa shape index (κ3) is 4.11. The van der Waals surface area contributed by atoms with Gasteiger partial charge in [-0.05, 0) is 41.4 Å². The number of hydrogen-bond acceptors (Lipinski definition) is 8. The van der Waals surface area contributed by atoms with E-state index in [9.17, 15) is 9.59 Å². The normalized spacial score (nSPS) is 16.4. The molecule has 1 aliphatic rings. The zero-order valence-corrected chi connectivity index (χ0v) is 19.1. The van der Waals surface area contributed by atoms with E-state index in [1.54, 1.807) is 27.7 Å². The number of carbonyl (C=O) groups excluding carboxylic acids is 1. The molecule has 10 heteroatoms. The molecule has 1 N–H and O–H groups in total. The number of thiophene rings is 3. The van der Waals surface area contributed by atoms with Crippen LogP contribution in [0, 0.1) is 0 Å². The fourth-order valence-electron chi connectivity index (χ4n) is 3.65. The molecule has 4 aromatic rings. The summed E-state index contributed by atoms with van der Waals surface area (Å²) in [7, 11) is 1.84. The lowest BCUT2D eigenvalue weighted by Crippen LogP contribution is -2.36. The zero-order valence-electron chi connectivity index (χ0n) is 16.6. The van der Waals surface area contributed by atoms with E-state index in [4.69, 9.17) is 5.10 Å². The van der Waals surface area contributed by atoms with Crippen molar-refractivity contribution in [1.82, 2.24) is 19.9 Å². The molecule has 0 aliphatic carbocycles. The Kier molecular flexibility index (Phi) is 5.53. The number of likely N-dealkylation sites (N-methyl/N-ethyl adjacent to an activating group) is 1. The van der Waals surface area contributed by atoms with E-state index >= 15 is 0 Å². The average molecular weight is 470 g/mol. The smallest absolute Gasteiger partial charge is 0.268 e. The largest absolute Gasteiger partial charge is 0.308 e. The van der Waals surface area contributed by atoms with E-state index in [2.05, 4.69) is 16.0 Å². The van der Waals surface area contributed by atoms with Crippen LogP contribution in [-0.2, 0) is 11.3 Å². The molecule has 7 nitrogen and oxygen atoms in total. The van der Waals surface area contributed by atoms with Crippen LogP contribution in [-0.4, -0.2) is 45.1 Å². The molecule has 0 aromatic carbocycles. The van der Waals surface area contributed by atoms with Crippen molar-refractivity contribution in [3.05, 3.63) is 72.4 Å². The first-order valence-electron chi connectivity index (χ1n) is 9.70. The summed E-state index contributed by atoms with van der Waals surface area (Å²) in [6.45, 7) is 0.542. The average Bonchev–Trinajstić information content (AvgIpc) is 3.54. The Hall–Kier alpha value is -2.66. The van der Waals surface area contributed by atoms with Gasteiger partial charge in [0.1, 0.15) is 10.5 Å². The maximum absolute atomic E-state index is 13.2. The third-order valence-corrected chi connectivity index (χ3v) is 7.83. The first kappa shape index (κ1) is 20.3. The van der Waals surface area contributed by atoms with Crippen molar-refractivity contribution in [3.63, 3.8) is 0 Å². The van der Waals surface area contributed by atoms with E-state index in [0.29, 0.717) is 29.0 Å². The van der Waals surface area contributed by atoms with Crippen molar-refractivity contribution in [2.24, 2.45) is 5.10 Å². The Balaban J connectivity index is 1.33. The lowest BCUT2D eigenvalue weighted by Gasteiger charge is -2.23. The minimum atomic E-state index is -0.141. The van der Waals surface area contributed by atoms with E-state index in [1.807, 2.05) is 52.4 Å². The third-order valence-electron chi connectivity index (χ3n) is 5.03. The van der Waals surface area contributed by atoms with Gasteiger partial charge in [0.15, 0.2) is 0 Å². The number of hydrogen-bond donors (Lipinski definition) is 1. The standard InChI is InChI=1S/C21H19N5O2S3/c1-25(11-18-22-13-6-9-31-20(13)21(28)23-18)12-19(27)26-15(17-5-3-8-30-17)10-14(24-26)16-4-2-7-29-16/h2-9,15H,10-12H2,1H3,(H,22,23,28)/t15-/m0/s1. The quantitative estimate of drug-likeness (QED) is 0.464. The topological polar surface area (TPSA) is 81.7 Å². The van der Waals surface area contributed by atoms with E-state index in [1.165, 1.54) is 11.3 Å². The van der Waals surface area contributed by atoms with Gasteiger partial charge in [-0.3, -0.25) is 14.5 Å². The summed E-state index contributed by atoms with van der Waals surface area (Å²) in [6, 6.07) is 9.84. The molecule has 0 unspecified atom stereocenters. The van der Waals surface area contributed by atoms with Crippen molar-refractivity contribution in [2.45, 2.75) is 19.0 Å². The first-order valence-corrected chi connectivity index (χ1v) is 12.3. The summed E-state index contributed by atoms with van der Waals surface area (Å²) in [5.74, 6) is 0.469. The molecule has 0 saturated carbocycles. The van der Waals surface area contributed by atoms with Gasteiger partial charge < -0.3 is 4.98 Å². The molecule has 0 radical (unpaired) electrons. The molecule has 1 aliphatic heterocycles. The Bertz CT molecular complexity index is 1290. The predicted octanol–water partition coefficient (Wildman–Crippen LogP) is 3.92. The Morgan fingerprint density at radius 3 is 2.81 bits per heavy atom. The van der Waals surface area contributed by atoms with Crippen LogP contribution in [0.3, 0.4) is 0 Å². The number of fused-ring (bicyclic) bond motifs is 1. The van der Waals surface area contributed by atoms with Crippen molar-refractivity contribution < 1.29 is 4.79 Å². The second kappa shape index (κ2) is 8.46. The molecule has 0 spiro atoms. The van der Waals surface area contributed by atoms with Gasteiger partial charge in [-0.25, -0.2) is 9.99 Å². The summed E-state index contributed by atoms with van der Waals surface area (Å²) >= 11 is 4.65. The summed E-state index contributed by atoms with van der Waals surface area (Å²) in [6.07, 6.45) is 0.709. The first-order chi connectivity index (χ1) is 15.1. The Labute approximate surface area is 190 Å². The second-order valence-electron chi connectivity index (χ2n) is 7.32. The van der Waals surface area contributed by atoms with Gasteiger partial charge in [0.25, 0.3) is 11.5 Å². The van der Waals surface area contributed by atoms with E-state index in [-0.39, 0.29) is 24.1 Å². The summed E-state index contributed by atoms with van der Waals surface area (Å²) in [5, 5.41) is 12.2. The second-order valence-corrected chi connectivity index (χ2v) is 10.2. The van der Waals surface area contributed by atoms with Gasteiger partial charge >= 0.3 is 0 Å². The molecule has 5 rings (SSSR count). The van der Waals surface area contributed by atoms with Crippen molar-refractivity contribution in [3.8, 4) is 0 Å². The number of aromatic amines is 1. The minimum absolute atomic E-state index is 0.0774. The van der Waals surface area contributed by atoms with Crippen LogP contribution in [0.15, 0.2) is 56.4 Å². The van der Waals surface area contributed by atoms with Crippen LogP contribution >= 0.6 is 34.0 Å². The molecule has 1 amide bonds. The molecule has 0 bridgehead atoms. The molecule has 0 fully saturated rings. The molecule has 1 atom stereocenters. The predicted molar refractivity (Wildman–Crippen MR) is 126 cm³/mol. The summed E-state index contributed by atoms with van der Waals surface area (Å²) in [4.78, 5) is 36.8. The van der Waals surface area contributed by atoms with Crippen LogP contribution < -0.4 is 5.56 Å². The number of nitrogens with one attached hydrogen (secondary N) is 1. The highest BCUT2D eigenvalue weighted by Gasteiger charge is 2.34. The van der Waals surface area contributed by atoms with Crippen LogP contribution in [0.25, 0.3) is 10.2 Å². The highest BCUT2D eigenvalue weighted by atomic mass is 32.1. The highest BCUT2D eigenvalue weighted by Crippen LogP contribution is 2.36. The maximum Gasteiger partial charge on any atom is 0.268 e. The fourth-order valence-corrected chi connectivity index (χ4v) is 5.90. The number of carbonyl (C=O) groups is 1. The Morgan fingerprint density at radius 1 is 1.19 bits per heavy atom. The van der Waals surface area contributed by atoms with Crippen LogP contribution in [0.2, 0.25) is 0 Å². The van der Waals surface area contributed by atoms with Crippen molar-refractivity contribution >= 4 is 55.8 Å². The lowest BCUT2D eigenvalue weighted by molar-refractivity contribution is -0.134. The van der Waals surface area contributed by atoms with Crippen LogP contribution in [0.5, 0.6) is 0 Å². The summed E-state index contributed by atoms with van der Waals surface area (Å²) < 4.78 is 0.619. The van der Waals surface area contributed by atoms with Gasteiger partial charge in [-0.1, -0.05) is 12.1 Å². The van der Waals surface area contributed by atoms with E-state index in [0.717, 1.165) is 15.5 Å². The molecular formula is C21H19N5O2S3. The minimum Gasteiger partial charge on any atom is -0.308 e. The van der Waals surface area contributed by atoms with Gasteiger partial charge in [0.05, 0.1) is 35.2 Å². The molecule has 158 valence electrons. The van der Waals surface area contributed by atoms with Crippen LogP contribution in [0.4, 0.5) is 0 Å². The van der Waals surface area contributed by atoms with Gasteiger partial charge in [0, 0.05) is 11.3 Å². The fraction of sp³-hybridized carbons (Fsp3) is 0.238. The zero-order chi connectivity index (χ0) is 21.4. The van der Waals surface area contributed by atoms with Crippen molar-refractivity contribution in [1.29, 1.82) is 0 Å². The van der Waals surface area contributed by atoms with E-state index < -0.39 is 0 Å². The van der Waals surface area contributed by atoms with Gasteiger partial charge in [-0.2, -0.15) is 5.10 Å². The highest BCUT2D eigenvalue weighted by molar-refractivity contribution is 7.17. The molecule has 5 heterocycles.